The Hall–Kier alpha value is -9.28. The molecule has 11 nitrogen and oxygen atoms in total. The van der Waals surface area contributed by atoms with Gasteiger partial charge in [-0.1, -0.05) is 133 Å². The van der Waals surface area contributed by atoms with Gasteiger partial charge in [-0.05, 0) is 115 Å². The molecule has 14 aromatic rings. The molecule has 2 aliphatic heterocycles. The van der Waals surface area contributed by atoms with Gasteiger partial charge in [0.15, 0.2) is 0 Å². The molecule has 88 heavy (non-hydrogen) atoms. The Balaban J connectivity index is 0.000000159. The zero-order valence-electron chi connectivity index (χ0n) is 48.4. The van der Waals surface area contributed by atoms with Gasteiger partial charge in [-0.3, -0.25) is 4.98 Å². The Morgan fingerprint density at radius 1 is 0.614 bits per heavy atom. The van der Waals surface area contributed by atoms with E-state index in [0.717, 1.165) is 118 Å². The Morgan fingerprint density at radius 3 is 2.08 bits per heavy atom. The quantitative estimate of drug-likeness (QED) is 0.0413. The summed E-state index contributed by atoms with van der Waals surface area (Å²) in [5, 5.41) is 7.57. The van der Waals surface area contributed by atoms with Crippen LogP contribution in [0.25, 0.3) is 71.8 Å². The van der Waals surface area contributed by atoms with Crippen molar-refractivity contribution in [2.75, 3.05) is 21.4 Å². The summed E-state index contributed by atoms with van der Waals surface area (Å²) in [6, 6.07) is 89.6. The molecule has 5 aromatic heterocycles. The number of hydroxylamine groups is 1. The van der Waals surface area contributed by atoms with E-state index in [0.29, 0.717) is 12.4 Å². The van der Waals surface area contributed by atoms with Crippen LogP contribution in [-0.2, 0) is 45.8 Å². The molecule has 0 saturated heterocycles. The Labute approximate surface area is 533 Å². The van der Waals surface area contributed by atoms with Crippen molar-refractivity contribution in [3.8, 4) is 39.4 Å². The number of imidazole rings is 1. The topological polar surface area (TPSA) is 90.0 Å². The summed E-state index contributed by atoms with van der Waals surface area (Å²) >= 11 is 0. The van der Waals surface area contributed by atoms with E-state index in [1.165, 1.54) is 10.6 Å². The van der Waals surface area contributed by atoms with Gasteiger partial charge in [-0.15, -0.1) is 82.5 Å². The fraction of sp³-hybridized carbons (Fsp3) is 0.0946. The monoisotopic (exact) mass is 1250 g/mol. The van der Waals surface area contributed by atoms with Gasteiger partial charge in [0.25, 0.3) is 0 Å². The summed E-state index contributed by atoms with van der Waals surface area (Å²) in [6.07, 6.45) is 5.54. The molecule has 2 atom stereocenters. The van der Waals surface area contributed by atoms with E-state index in [1.54, 1.807) is 0 Å². The van der Waals surface area contributed by atoms with E-state index < -0.39 is 8.15 Å². The van der Waals surface area contributed by atoms with Crippen LogP contribution in [0.2, 0.25) is 0 Å². The molecule has 7 heterocycles. The van der Waals surface area contributed by atoms with Crippen molar-refractivity contribution in [1.82, 2.24) is 19.5 Å². The van der Waals surface area contributed by atoms with Crippen molar-refractivity contribution in [1.29, 1.82) is 0 Å². The van der Waals surface area contributed by atoms with Crippen LogP contribution in [0.1, 0.15) is 32.4 Å². The SMILES string of the molecule is CCN(O[PH+](c1ccccc1)c1ccccc1)c1[c-]c2c(o1)C(C)C(C)N2c1[c-]c(-c2cccc3c2[n-]c[n+]3C)ccc1.[Mn+2].[Mn+3].[c-]1c(-c2cccc3cccnc23)cccc1N1c2[c-]c(-n3c4ccccc4c4cccnc43)ccc2Oc2ccccc21. The molecule has 16 rings (SSSR count). The molecule has 9 aromatic carbocycles. The number of furan rings is 1. The number of aryl methyl sites for hydroxylation is 1. The van der Waals surface area contributed by atoms with Gasteiger partial charge in [0.2, 0.25) is 8.15 Å². The number of para-hydroxylation sites is 5. The number of benzene rings is 9. The first-order valence-corrected chi connectivity index (χ1v) is 30.3. The third kappa shape index (κ3) is 10.3. The fourth-order valence-electron chi connectivity index (χ4n) is 12.0. The maximum Gasteiger partial charge on any atom is 3.00 e. The van der Waals surface area contributed by atoms with Crippen molar-refractivity contribution < 1.29 is 52.5 Å². The minimum atomic E-state index is -1.57. The van der Waals surface area contributed by atoms with Gasteiger partial charge in [0.05, 0.1) is 28.6 Å². The number of nitrogens with zero attached hydrogens (tertiary/aromatic N) is 8. The first kappa shape index (κ1) is 57.8. The van der Waals surface area contributed by atoms with E-state index in [1.807, 2.05) is 90.0 Å². The standard InChI is InChI=1S/C38H22N4O.C36H33N4O2P.2Mn/c1-2-16-32-30(13-1)31-15-8-22-40-38(31)42(32)28-19-20-36-34(24-28)41(33-17-3-4-18-35(33)43-36)27-12-5-10-26(23-27)29-14-6-9-25-11-7-21-39-37(25)29;1-5-39(42-43(29-16-8-6-9-17-29)30-18-10-7-11-19-30)34-23-33-36(41-34)25(2)26(3)40(33)28-15-12-14-27(22-28)31-20-13-21-32-35(31)37-24-38(32)4;;/h1-22H;6-21,24-26H,5H2,1-4H3;;/q2*-2;+2;+3/p+1. The van der Waals surface area contributed by atoms with Crippen molar-refractivity contribution in [3.63, 3.8) is 0 Å². The van der Waals surface area contributed by atoms with E-state index in [9.17, 15) is 0 Å². The summed E-state index contributed by atoms with van der Waals surface area (Å²) < 4.78 is 24.0. The van der Waals surface area contributed by atoms with Gasteiger partial charge in [0.1, 0.15) is 27.9 Å². The van der Waals surface area contributed by atoms with Crippen molar-refractivity contribution >= 4 is 97.0 Å². The average molecular weight is 1250 g/mol. The maximum absolute atomic E-state index is 6.79. The zero-order valence-corrected chi connectivity index (χ0v) is 51.8. The zero-order chi connectivity index (χ0) is 57.8. The molecule has 14 heteroatoms. The van der Waals surface area contributed by atoms with Crippen LogP contribution in [0.15, 0.2) is 242 Å². The number of rotatable bonds is 11. The van der Waals surface area contributed by atoms with Crippen LogP contribution in [0.3, 0.4) is 0 Å². The average Bonchev–Trinajstić information content (AvgIpc) is 1.93. The van der Waals surface area contributed by atoms with Crippen LogP contribution >= 0.6 is 8.15 Å². The van der Waals surface area contributed by atoms with Gasteiger partial charge in [0, 0.05) is 54.1 Å². The fourth-order valence-corrected chi connectivity index (χ4v) is 14.0. The molecular formula is C74H56Mn2N8O3P+2. The molecule has 0 spiro atoms. The molecule has 0 bridgehead atoms. The summed E-state index contributed by atoms with van der Waals surface area (Å²) in [5.41, 5.74) is 14.5. The number of hydrogen-bond acceptors (Lipinski definition) is 8. The van der Waals surface area contributed by atoms with Crippen molar-refractivity contribution in [2.45, 2.75) is 32.7 Å². The van der Waals surface area contributed by atoms with Gasteiger partial charge in [-0.2, -0.15) is 6.07 Å². The van der Waals surface area contributed by atoms with Gasteiger partial charge in [-0.25, -0.2) is 15.0 Å². The number of anilines is 6. The van der Waals surface area contributed by atoms with E-state index >= 15 is 0 Å². The van der Waals surface area contributed by atoms with Gasteiger partial charge < -0.3 is 28.1 Å². The number of fused-ring (bicyclic) bond motifs is 8. The molecule has 0 aliphatic carbocycles. The third-order valence-corrected chi connectivity index (χ3v) is 18.5. The van der Waals surface area contributed by atoms with Crippen LogP contribution in [0.5, 0.6) is 11.5 Å². The molecular weight excluding hydrogens is 1190 g/mol. The third-order valence-electron chi connectivity index (χ3n) is 16.4. The van der Waals surface area contributed by atoms with Crippen LogP contribution < -0.4 is 39.8 Å². The second kappa shape index (κ2) is 24.5. The van der Waals surface area contributed by atoms with E-state index in [4.69, 9.17) is 23.7 Å². The Morgan fingerprint density at radius 2 is 1.27 bits per heavy atom. The first-order valence-electron chi connectivity index (χ1n) is 28.9. The smallest absolute Gasteiger partial charge is 0.548 e. The summed E-state index contributed by atoms with van der Waals surface area (Å²) in [6.45, 7) is 7.14. The van der Waals surface area contributed by atoms with E-state index in [-0.39, 0.29) is 46.1 Å². The second-order valence-electron chi connectivity index (χ2n) is 21.5. The summed E-state index contributed by atoms with van der Waals surface area (Å²) in [5.74, 6) is 3.19. The summed E-state index contributed by atoms with van der Waals surface area (Å²) in [7, 11) is 0.449. The van der Waals surface area contributed by atoms with Crippen LogP contribution in [0, 0.1) is 24.3 Å². The first-order chi connectivity index (χ1) is 42.4. The predicted molar refractivity (Wildman–Crippen MR) is 347 cm³/mol. The van der Waals surface area contributed by atoms with Crippen LogP contribution in [-0.4, -0.2) is 27.1 Å². The van der Waals surface area contributed by atoms with Crippen molar-refractivity contribution in [2.24, 2.45) is 7.05 Å². The van der Waals surface area contributed by atoms with Crippen molar-refractivity contribution in [3.05, 3.63) is 267 Å². The molecule has 1 radical (unpaired) electrons. The molecule has 2 aliphatic rings. The minimum absolute atomic E-state index is 0. The van der Waals surface area contributed by atoms with Gasteiger partial charge >= 0.3 is 34.1 Å². The molecule has 0 fully saturated rings. The minimum Gasteiger partial charge on any atom is -0.548 e. The molecule has 2 unspecified atom stereocenters. The van der Waals surface area contributed by atoms with Crippen LogP contribution in [0.4, 0.5) is 34.3 Å². The number of pyridine rings is 2. The molecule has 0 saturated carbocycles. The molecule has 0 N–H and O–H groups in total. The predicted octanol–water partition coefficient (Wildman–Crippen LogP) is 16.2. The maximum atomic E-state index is 6.79. The number of ether oxygens (including phenoxy) is 1. The molecule has 427 valence electrons. The molecule has 0 amide bonds. The van der Waals surface area contributed by atoms with E-state index in [2.05, 4.69) is 228 Å². The number of hydrogen-bond donors (Lipinski definition) is 0. The summed E-state index contributed by atoms with van der Waals surface area (Å²) in [4.78, 5) is 18.6. The normalized spacial score (nSPS) is 14.0. The second-order valence-corrected chi connectivity index (χ2v) is 23.5. The Kier molecular flexibility index (Phi) is 16.1. The Bertz CT molecular complexity index is 4740. The largest absolute Gasteiger partial charge is 3.00 e. The number of aromatic nitrogens is 5.